The molecule has 2 aromatic rings. The van der Waals surface area contributed by atoms with Crippen molar-refractivity contribution in [2.24, 2.45) is 10.7 Å². The van der Waals surface area contributed by atoms with Crippen molar-refractivity contribution in [1.29, 1.82) is 0 Å². The molecule has 5 heteroatoms. The van der Waals surface area contributed by atoms with E-state index in [9.17, 15) is 0 Å². The van der Waals surface area contributed by atoms with Gasteiger partial charge in [-0.25, -0.2) is 0 Å². The molecule has 0 fully saturated rings. The van der Waals surface area contributed by atoms with E-state index in [1.165, 1.54) is 10.9 Å². The van der Waals surface area contributed by atoms with Gasteiger partial charge in [-0.2, -0.15) is 0 Å². The average Bonchev–Trinajstić information content (AvgIpc) is 2.49. The van der Waals surface area contributed by atoms with Gasteiger partial charge in [-0.05, 0) is 0 Å². The quantitative estimate of drug-likeness (QED) is 0.347. The van der Waals surface area contributed by atoms with Crippen LogP contribution in [0.25, 0.3) is 0 Å². The summed E-state index contributed by atoms with van der Waals surface area (Å²) in [7, 11) is 0. The minimum absolute atomic E-state index is 0.694. The summed E-state index contributed by atoms with van der Waals surface area (Å²) in [6, 6.07) is 20.6. The van der Waals surface area contributed by atoms with Crippen molar-refractivity contribution in [2.75, 3.05) is 6.54 Å². The molecule has 0 aliphatic heterocycles. The molecular formula is C15H16N2PSe2. The zero-order chi connectivity index (χ0) is 14.4. The third-order valence-corrected chi connectivity index (χ3v) is 9.65. The molecule has 0 atom stereocenters. The van der Waals surface area contributed by atoms with Gasteiger partial charge in [0.25, 0.3) is 0 Å². The maximum absolute atomic E-state index is 6.18. The molecular weight excluding hydrogens is 397 g/mol. The first-order valence-electron chi connectivity index (χ1n) is 6.32. The maximum atomic E-state index is 6.18. The van der Waals surface area contributed by atoms with Crippen molar-refractivity contribution in [1.82, 2.24) is 0 Å². The molecule has 2 nitrogen and oxygen atoms in total. The average molecular weight is 413 g/mol. The molecule has 0 bridgehead atoms. The van der Waals surface area contributed by atoms with Crippen LogP contribution in [0.5, 0.6) is 0 Å². The van der Waals surface area contributed by atoms with Crippen LogP contribution in [0.1, 0.15) is 5.56 Å². The van der Waals surface area contributed by atoms with Gasteiger partial charge in [0.15, 0.2) is 0 Å². The summed E-state index contributed by atoms with van der Waals surface area (Å²) < 4.78 is -1.73. The molecule has 2 rings (SSSR count). The van der Waals surface area contributed by atoms with E-state index in [2.05, 4.69) is 60.4 Å². The Morgan fingerprint density at radius 1 is 1.05 bits per heavy atom. The number of hydrogen-bond acceptors (Lipinski definition) is 1. The third-order valence-electron chi connectivity index (χ3n) is 2.91. The second kappa shape index (κ2) is 7.41. The molecule has 0 unspecified atom stereocenters. The minimum atomic E-state index is -1.73. The van der Waals surface area contributed by atoms with Gasteiger partial charge in [0, 0.05) is 0 Å². The predicted octanol–water partition coefficient (Wildman–Crippen LogP) is 2.05. The van der Waals surface area contributed by atoms with Gasteiger partial charge in [-0.15, -0.1) is 0 Å². The monoisotopic (exact) mass is 415 g/mol. The van der Waals surface area contributed by atoms with Crippen molar-refractivity contribution in [3.63, 3.8) is 0 Å². The van der Waals surface area contributed by atoms with Crippen LogP contribution in [0.2, 0.25) is 0 Å². The van der Waals surface area contributed by atoms with E-state index in [0.29, 0.717) is 12.1 Å². The Morgan fingerprint density at radius 3 is 2.20 bits per heavy atom. The number of rotatable bonds is 5. The summed E-state index contributed by atoms with van der Waals surface area (Å²) in [5.74, 6) is 0. The molecule has 1 radical (unpaired) electrons. The van der Waals surface area contributed by atoms with Crippen molar-refractivity contribution in [3.05, 3.63) is 66.2 Å². The van der Waals surface area contributed by atoms with Gasteiger partial charge in [0.1, 0.15) is 0 Å². The Bertz CT molecular complexity index is 571. The van der Waals surface area contributed by atoms with E-state index >= 15 is 0 Å². The number of nitrogens with two attached hydrogens (primary N) is 1. The molecule has 0 aliphatic carbocycles. The first-order chi connectivity index (χ1) is 9.60. The summed E-state index contributed by atoms with van der Waals surface area (Å²) in [6.07, 6.45) is 0.913. The van der Waals surface area contributed by atoms with E-state index in [4.69, 9.17) is 5.73 Å². The molecule has 0 aliphatic rings. The number of amidine groups is 1. The van der Waals surface area contributed by atoms with Gasteiger partial charge in [-0.3, -0.25) is 0 Å². The van der Waals surface area contributed by atoms with Crippen molar-refractivity contribution in [2.45, 2.75) is 6.42 Å². The number of aliphatic imine (C=N–C) groups is 1. The Balaban J connectivity index is 2.03. The van der Waals surface area contributed by atoms with Crippen LogP contribution in [0.4, 0.5) is 0 Å². The second-order valence-electron chi connectivity index (χ2n) is 4.36. The SMILES string of the molecule is NC(=NCCc1ccccc1)[P+]([Se])([Se-])c1ccccc1. The van der Waals surface area contributed by atoms with E-state index in [-0.39, 0.29) is 0 Å². The number of hydrogen-bond donors (Lipinski definition) is 1. The Hall–Kier alpha value is -0.621. The van der Waals surface area contributed by atoms with Crippen LogP contribution in [0.15, 0.2) is 65.7 Å². The molecule has 2 aromatic carbocycles. The summed E-state index contributed by atoms with van der Waals surface area (Å²) in [5, 5.41) is 1.20. The fourth-order valence-electron chi connectivity index (χ4n) is 1.79. The van der Waals surface area contributed by atoms with E-state index in [1.54, 1.807) is 0 Å². The van der Waals surface area contributed by atoms with Crippen molar-refractivity contribution in [3.8, 4) is 0 Å². The Morgan fingerprint density at radius 2 is 1.60 bits per heavy atom. The van der Waals surface area contributed by atoms with Crippen LogP contribution in [0, 0.1) is 0 Å². The van der Waals surface area contributed by atoms with Gasteiger partial charge in [0.2, 0.25) is 0 Å². The summed E-state index contributed by atoms with van der Waals surface area (Å²) in [4.78, 5) is 4.55. The second-order valence-corrected chi connectivity index (χ2v) is 16.9. The van der Waals surface area contributed by atoms with Gasteiger partial charge < -0.3 is 0 Å². The molecule has 0 amide bonds. The number of nitrogens with zero attached hydrogens (tertiary/aromatic N) is 1. The topological polar surface area (TPSA) is 38.4 Å². The Labute approximate surface area is 136 Å². The number of benzene rings is 2. The first-order valence-corrected chi connectivity index (χ1v) is 12.5. The van der Waals surface area contributed by atoms with Gasteiger partial charge in [-0.1, -0.05) is 0 Å². The fraction of sp³-hybridized carbons (Fsp3) is 0.133. The molecule has 0 heterocycles. The molecule has 2 N–H and O–H groups in total. The van der Waals surface area contributed by atoms with Crippen LogP contribution >= 0.6 is 4.64 Å². The van der Waals surface area contributed by atoms with Gasteiger partial charge in [0.05, 0.1) is 0 Å². The molecule has 0 saturated carbocycles. The predicted molar refractivity (Wildman–Crippen MR) is 91.1 cm³/mol. The van der Waals surface area contributed by atoms with Crippen molar-refractivity contribution >= 4 is 46.7 Å². The molecule has 0 aromatic heterocycles. The standard InChI is InChI=1S/C15H16N2PSe2/c16-15(17-12-11-13-7-3-1-4-8-13)18(19,20)14-9-5-2-6-10-14/h1-10H,11-12H2,(H2,16,17). The molecule has 103 valence electrons. The molecule has 20 heavy (non-hydrogen) atoms. The first kappa shape index (κ1) is 15.8. The van der Waals surface area contributed by atoms with E-state index in [1.807, 2.05) is 36.4 Å². The van der Waals surface area contributed by atoms with Gasteiger partial charge >= 0.3 is 137 Å². The molecule has 0 spiro atoms. The summed E-state index contributed by atoms with van der Waals surface area (Å²) in [5.41, 5.74) is 8.16. The van der Waals surface area contributed by atoms with E-state index in [0.717, 1.165) is 6.42 Å². The van der Waals surface area contributed by atoms with Crippen LogP contribution in [-0.2, 0) is 6.42 Å². The van der Waals surface area contributed by atoms with Crippen LogP contribution in [0.3, 0.4) is 0 Å². The zero-order valence-electron chi connectivity index (χ0n) is 11.0. The zero-order valence-corrected chi connectivity index (χ0v) is 15.3. The summed E-state index contributed by atoms with van der Waals surface area (Å²) in [6.45, 7) is 0.716. The Kier molecular flexibility index (Phi) is 5.84. The van der Waals surface area contributed by atoms with Crippen molar-refractivity contribution < 1.29 is 0 Å². The third kappa shape index (κ3) is 4.18. The summed E-state index contributed by atoms with van der Waals surface area (Å²) >= 11 is 6.44. The van der Waals surface area contributed by atoms with Crippen LogP contribution < -0.4 is 11.0 Å². The normalized spacial score (nSPS) is 14.8. The molecule has 0 saturated heterocycles. The fourth-order valence-corrected chi connectivity index (χ4v) is 5.17. The van der Waals surface area contributed by atoms with Crippen LogP contribution in [-0.4, -0.2) is 43.3 Å². The van der Waals surface area contributed by atoms with E-state index < -0.39 is 4.64 Å².